The molecule has 2 aliphatic rings. The number of ether oxygens (including phenoxy) is 1. The third kappa shape index (κ3) is 3.43. The molecule has 3 heterocycles. The van der Waals surface area contributed by atoms with Crippen LogP contribution >= 0.6 is 11.8 Å². The largest absolute Gasteiger partial charge is 0.367 e. The molecule has 0 aliphatic carbocycles. The van der Waals surface area contributed by atoms with Crippen molar-refractivity contribution in [2.24, 2.45) is 0 Å². The van der Waals surface area contributed by atoms with Gasteiger partial charge in [-0.1, -0.05) is 12.1 Å². The van der Waals surface area contributed by atoms with Crippen molar-refractivity contribution in [3.05, 3.63) is 36.0 Å². The summed E-state index contributed by atoms with van der Waals surface area (Å²) < 4.78 is 6.15. The van der Waals surface area contributed by atoms with Crippen LogP contribution in [0.25, 0.3) is 10.9 Å². The van der Waals surface area contributed by atoms with Crippen LogP contribution in [0.1, 0.15) is 12.0 Å². The maximum absolute atomic E-state index is 11.7. The molecular formula is C19H25N3O2S. The molecule has 2 aliphatic heterocycles. The van der Waals surface area contributed by atoms with Crippen LogP contribution in [0.4, 0.5) is 0 Å². The maximum atomic E-state index is 11.7. The van der Waals surface area contributed by atoms with Crippen molar-refractivity contribution < 1.29 is 9.53 Å². The van der Waals surface area contributed by atoms with E-state index in [1.165, 1.54) is 16.5 Å². The molecule has 2 saturated heterocycles. The van der Waals surface area contributed by atoms with E-state index >= 15 is 0 Å². The van der Waals surface area contributed by atoms with Gasteiger partial charge in [0.05, 0.1) is 6.10 Å². The highest BCUT2D eigenvalue weighted by Gasteiger charge is 2.49. The number of hydrogen-bond acceptors (Lipinski definition) is 4. The summed E-state index contributed by atoms with van der Waals surface area (Å²) in [5, 5.41) is 1.32. The summed E-state index contributed by atoms with van der Waals surface area (Å²) in [5.41, 5.74) is 2.60. The lowest BCUT2D eigenvalue weighted by Gasteiger charge is -2.47. The van der Waals surface area contributed by atoms with E-state index in [0.717, 1.165) is 31.8 Å². The molecule has 1 spiro atoms. The minimum Gasteiger partial charge on any atom is -0.367 e. The van der Waals surface area contributed by atoms with Crippen LogP contribution in [0.2, 0.25) is 0 Å². The molecule has 5 nitrogen and oxygen atoms in total. The highest BCUT2D eigenvalue weighted by atomic mass is 32.2. The predicted octanol–water partition coefficient (Wildman–Crippen LogP) is 2.33. The zero-order chi connectivity index (χ0) is 17.4. The Bertz CT molecular complexity index is 767. The van der Waals surface area contributed by atoms with Gasteiger partial charge in [0.25, 0.3) is 0 Å². The normalized spacial score (nSPS) is 22.4. The van der Waals surface area contributed by atoms with Crippen LogP contribution in [0.15, 0.2) is 30.5 Å². The van der Waals surface area contributed by atoms with Gasteiger partial charge in [-0.05, 0) is 24.1 Å². The van der Waals surface area contributed by atoms with Crippen molar-refractivity contribution in [3.8, 4) is 0 Å². The maximum Gasteiger partial charge on any atom is 0.248 e. The van der Waals surface area contributed by atoms with Crippen LogP contribution in [0, 0.1) is 0 Å². The molecule has 2 aromatic rings. The van der Waals surface area contributed by atoms with E-state index in [1.807, 2.05) is 18.0 Å². The van der Waals surface area contributed by atoms with E-state index in [2.05, 4.69) is 34.1 Å². The molecule has 1 N–H and O–H groups in total. The number of thioether (sulfide) groups is 1. The van der Waals surface area contributed by atoms with Crippen molar-refractivity contribution in [1.82, 2.24) is 14.8 Å². The van der Waals surface area contributed by atoms with E-state index < -0.39 is 0 Å². The topological polar surface area (TPSA) is 48.6 Å². The summed E-state index contributed by atoms with van der Waals surface area (Å²) in [6.45, 7) is 3.43. The monoisotopic (exact) mass is 359 g/mol. The van der Waals surface area contributed by atoms with Gasteiger partial charge in [-0.15, -0.1) is 11.8 Å². The van der Waals surface area contributed by atoms with Gasteiger partial charge in [0.15, 0.2) is 0 Å². The number of carbonyl (C=O) groups is 1. The fourth-order valence-electron chi connectivity index (χ4n) is 3.86. The Labute approximate surface area is 152 Å². The molecule has 1 aromatic carbocycles. The number of fused-ring (bicyclic) bond motifs is 1. The Morgan fingerprint density at radius 3 is 3.04 bits per heavy atom. The standard InChI is InChI=1S/C19H25N3O2S/c1-21(2)18(23)10-24-15-8-19(25-11-15)12-22(13-19)9-14-4-3-5-17-16(14)6-7-20-17/h3-7,15,20H,8-13H2,1-2H3/t15-/m0/s1. The Hall–Kier alpha value is -1.50. The number of likely N-dealkylation sites (N-methyl/N-ethyl adjacent to an activating group) is 1. The molecule has 1 amide bonds. The number of benzene rings is 1. The number of nitrogens with zero attached hydrogens (tertiary/aromatic N) is 2. The molecule has 1 aromatic heterocycles. The van der Waals surface area contributed by atoms with Gasteiger partial charge in [0.1, 0.15) is 6.61 Å². The van der Waals surface area contributed by atoms with Crippen molar-refractivity contribution in [2.45, 2.75) is 23.8 Å². The number of H-pyrrole nitrogens is 1. The first-order valence-corrected chi connectivity index (χ1v) is 9.76. The second-order valence-corrected chi connectivity index (χ2v) is 8.91. The minimum atomic E-state index is 0.0424. The first kappa shape index (κ1) is 16.9. The Kier molecular flexibility index (Phi) is 4.52. The van der Waals surface area contributed by atoms with E-state index in [9.17, 15) is 4.79 Å². The molecule has 134 valence electrons. The van der Waals surface area contributed by atoms with Crippen LogP contribution in [-0.4, -0.2) is 71.1 Å². The molecule has 25 heavy (non-hydrogen) atoms. The number of rotatable bonds is 5. The Morgan fingerprint density at radius 2 is 2.24 bits per heavy atom. The number of aromatic amines is 1. The molecule has 0 bridgehead atoms. The van der Waals surface area contributed by atoms with Crippen LogP contribution in [0.3, 0.4) is 0 Å². The van der Waals surface area contributed by atoms with Gasteiger partial charge in [0.2, 0.25) is 5.91 Å². The van der Waals surface area contributed by atoms with Gasteiger partial charge in [0, 0.05) is 61.3 Å². The fourth-order valence-corrected chi connectivity index (χ4v) is 5.46. The molecule has 0 radical (unpaired) electrons. The van der Waals surface area contributed by atoms with E-state index in [-0.39, 0.29) is 18.6 Å². The summed E-state index contributed by atoms with van der Waals surface area (Å²) >= 11 is 2.02. The highest BCUT2D eigenvalue weighted by Crippen LogP contribution is 2.46. The number of amides is 1. The van der Waals surface area contributed by atoms with Crippen LogP contribution in [-0.2, 0) is 16.1 Å². The first-order valence-electron chi connectivity index (χ1n) is 8.78. The average Bonchev–Trinajstić information content (AvgIpc) is 3.19. The molecule has 2 fully saturated rings. The van der Waals surface area contributed by atoms with Crippen molar-refractivity contribution in [3.63, 3.8) is 0 Å². The smallest absolute Gasteiger partial charge is 0.248 e. The number of likely N-dealkylation sites (tertiary alicyclic amines) is 1. The SMILES string of the molecule is CN(C)C(=O)CO[C@@H]1CSC2(C1)CN(Cc1cccc3[nH]ccc13)C2. The number of nitrogens with one attached hydrogen (secondary N) is 1. The van der Waals surface area contributed by atoms with Gasteiger partial charge in [-0.25, -0.2) is 0 Å². The zero-order valence-electron chi connectivity index (χ0n) is 14.8. The second kappa shape index (κ2) is 6.67. The van der Waals surface area contributed by atoms with Gasteiger partial charge in [-0.3, -0.25) is 9.69 Å². The first-order chi connectivity index (χ1) is 12.0. The summed E-state index contributed by atoms with van der Waals surface area (Å²) in [7, 11) is 3.54. The predicted molar refractivity (Wildman–Crippen MR) is 102 cm³/mol. The number of hydrogen-bond donors (Lipinski definition) is 1. The number of aromatic nitrogens is 1. The zero-order valence-corrected chi connectivity index (χ0v) is 15.6. The minimum absolute atomic E-state index is 0.0424. The van der Waals surface area contributed by atoms with Crippen LogP contribution in [0.5, 0.6) is 0 Å². The molecule has 1 atom stereocenters. The highest BCUT2D eigenvalue weighted by molar-refractivity contribution is 8.01. The Morgan fingerprint density at radius 1 is 1.40 bits per heavy atom. The molecule has 6 heteroatoms. The quantitative estimate of drug-likeness (QED) is 0.890. The van der Waals surface area contributed by atoms with Crippen LogP contribution < -0.4 is 0 Å². The van der Waals surface area contributed by atoms with Crippen molar-refractivity contribution in [1.29, 1.82) is 0 Å². The number of carbonyl (C=O) groups excluding carboxylic acids is 1. The fraction of sp³-hybridized carbons (Fsp3) is 0.526. The average molecular weight is 359 g/mol. The molecule has 0 unspecified atom stereocenters. The summed E-state index contributed by atoms with van der Waals surface area (Å²) in [4.78, 5) is 19.1. The van der Waals surface area contributed by atoms with Crippen molar-refractivity contribution in [2.75, 3.05) is 39.5 Å². The van der Waals surface area contributed by atoms with Gasteiger partial charge >= 0.3 is 0 Å². The van der Waals surface area contributed by atoms with Gasteiger partial charge in [-0.2, -0.15) is 0 Å². The molecular weight excluding hydrogens is 334 g/mol. The second-order valence-electron chi connectivity index (χ2n) is 7.42. The lowest BCUT2D eigenvalue weighted by molar-refractivity contribution is -0.135. The summed E-state index contributed by atoms with van der Waals surface area (Å²) in [5.74, 6) is 1.04. The van der Waals surface area contributed by atoms with Crippen molar-refractivity contribution >= 4 is 28.6 Å². The third-order valence-electron chi connectivity index (χ3n) is 5.22. The lowest BCUT2D eigenvalue weighted by atomic mass is 9.92. The van der Waals surface area contributed by atoms with E-state index in [4.69, 9.17) is 4.74 Å². The third-order valence-corrected chi connectivity index (χ3v) is 6.79. The van der Waals surface area contributed by atoms with E-state index in [1.54, 1.807) is 19.0 Å². The Balaban J connectivity index is 1.29. The van der Waals surface area contributed by atoms with Gasteiger partial charge < -0.3 is 14.6 Å². The van der Waals surface area contributed by atoms with E-state index in [0.29, 0.717) is 4.75 Å². The molecule has 0 saturated carbocycles. The molecule has 4 rings (SSSR count). The summed E-state index contributed by atoms with van der Waals surface area (Å²) in [6.07, 6.45) is 3.28. The lowest BCUT2D eigenvalue weighted by Crippen LogP contribution is -2.58. The summed E-state index contributed by atoms with van der Waals surface area (Å²) in [6, 6.07) is 8.64.